The number of imidazole rings is 1. The third-order valence-electron chi connectivity index (χ3n) is 3.51. The van der Waals surface area contributed by atoms with E-state index in [0.717, 1.165) is 11.0 Å². The van der Waals surface area contributed by atoms with E-state index < -0.39 is 5.97 Å². The van der Waals surface area contributed by atoms with E-state index in [1.807, 2.05) is 22.8 Å². The summed E-state index contributed by atoms with van der Waals surface area (Å²) < 4.78 is 1.84. The number of benzene rings is 1. The number of fused-ring (bicyclic) bond motifs is 1. The molecular formula is C16H20N2O3. The molecule has 1 heterocycles. The number of hydrogen-bond donors (Lipinski definition) is 1. The van der Waals surface area contributed by atoms with Crippen LogP contribution in [0.4, 0.5) is 0 Å². The average molecular weight is 288 g/mol. The van der Waals surface area contributed by atoms with E-state index >= 15 is 0 Å². The quantitative estimate of drug-likeness (QED) is 0.887. The van der Waals surface area contributed by atoms with Crippen molar-refractivity contribution in [2.45, 2.75) is 46.1 Å². The smallest absolute Gasteiger partial charge is 0.311 e. The zero-order valence-corrected chi connectivity index (χ0v) is 12.6. The van der Waals surface area contributed by atoms with Gasteiger partial charge in [0, 0.05) is 13.0 Å². The lowest BCUT2D eigenvalue weighted by Crippen LogP contribution is -2.11. The van der Waals surface area contributed by atoms with E-state index in [2.05, 4.69) is 18.8 Å². The van der Waals surface area contributed by atoms with Crippen LogP contribution in [0.5, 0.6) is 0 Å². The Balaban J connectivity index is 2.49. The second kappa shape index (κ2) is 6.08. The Labute approximate surface area is 123 Å². The van der Waals surface area contributed by atoms with Gasteiger partial charge in [-0.05, 0) is 30.5 Å². The fourth-order valence-electron chi connectivity index (χ4n) is 2.34. The topological polar surface area (TPSA) is 72.2 Å². The number of carboxylic acid groups (broad SMARTS) is 1. The maximum absolute atomic E-state index is 11.2. The van der Waals surface area contributed by atoms with Crippen LogP contribution in [-0.4, -0.2) is 26.4 Å². The SMILES string of the molecule is CC(=O)CCn1c(CC(=O)O)nc2cc(C(C)C)ccc21. The van der Waals surface area contributed by atoms with Crippen LogP contribution in [-0.2, 0) is 22.6 Å². The highest BCUT2D eigenvalue weighted by Gasteiger charge is 2.15. The Morgan fingerprint density at radius 3 is 2.62 bits per heavy atom. The lowest BCUT2D eigenvalue weighted by molar-refractivity contribution is -0.136. The monoisotopic (exact) mass is 288 g/mol. The van der Waals surface area contributed by atoms with Crippen LogP contribution in [0, 0.1) is 0 Å². The minimum Gasteiger partial charge on any atom is -0.481 e. The first-order valence-corrected chi connectivity index (χ1v) is 7.08. The molecular weight excluding hydrogens is 268 g/mol. The number of nitrogens with zero attached hydrogens (tertiary/aromatic N) is 2. The minimum absolute atomic E-state index is 0.0805. The number of hydrogen-bond acceptors (Lipinski definition) is 3. The van der Waals surface area contributed by atoms with Crippen molar-refractivity contribution in [1.82, 2.24) is 9.55 Å². The summed E-state index contributed by atoms with van der Waals surface area (Å²) in [5, 5.41) is 9.02. The molecule has 112 valence electrons. The van der Waals surface area contributed by atoms with Gasteiger partial charge in [0.05, 0.1) is 11.0 Å². The van der Waals surface area contributed by atoms with Gasteiger partial charge in [-0.15, -0.1) is 0 Å². The minimum atomic E-state index is -0.918. The van der Waals surface area contributed by atoms with Crippen molar-refractivity contribution >= 4 is 22.8 Å². The zero-order valence-electron chi connectivity index (χ0n) is 12.6. The van der Waals surface area contributed by atoms with Gasteiger partial charge >= 0.3 is 5.97 Å². The lowest BCUT2D eigenvalue weighted by atomic mass is 10.0. The van der Waals surface area contributed by atoms with Gasteiger partial charge in [-0.3, -0.25) is 9.59 Å². The standard InChI is InChI=1S/C16H20N2O3/c1-10(2)12-4-5-14-13(8-12)17-15(9-16(20)21)18(14)7-6-11(3)19/h4-5,8,10H,6-7,9H2,1-3H3,(H,20,21). The molecule has 0 aliphatic carbocycles. The molecule has 2 aromatic rings. The maximum atomic E-state index is 11.2. The Hall–Kier alpha value is -2.17. The second-order valence-electron chi connectivity index (χ2n) is 5.61. The number of ketones is 1. The zero-order chi connectivity index (χ0) is 15.6. The van der Waals surface area contributed by atoms with Crippen LogP contribution in [0.15, 0.2) is 18.2 Å². The maximum Gasteiger partial charge on any atom is 0.311 e. The van der Waals surface area contributed by atoms with E-state index in [1.165, 1.54) is 12.5 Å². The molecule has 0 bridgehead atoms. The molecule has 1 aromatic heterocycles. The van der Waals surface area contributed by atoms with Crippen molar-refractivity contribution in [2.24, 2.45) is 0 Å². The van der Waals surface area contributed by atoms with Crippen molar-refractivity contribution in [2.75, 3.05) is 0 Å². The van der Waals surface area contributed by atoms with Gasteiger partial charge in [-0.25, -0.2) is 4.98 Å². The first-order valence-electron chi connectivity index (χ1n) is 7.08. The van der Waals surface area contributed by atoms with Crippen molar-refractivity contribution in [3.63, 3.8) is 0 Å². The third kappa shape index (κ3) is 3.48. The second-order valence-corrected chi connectivity index (χ2v) is 5.61. The fourth-order valence-corrected chi connectivity index (χ4v) is 2.34. The Morgan fingerprint density at radius 2 is 2.05 bits per heavy atom. The highest BCUT2D eigenvalue weighted by atomic mass is 16.4. The van der Waals surface area contributed by atoms with Gasteiger partial charge in [0.15, 0.2) is 0 Å². The molecule has 0 saturated heterocycles. The molecule has 0 fully saturated rings. The van der Waals surface area contributed by atoms with Crippen LogP contribution in [0.1, 0.15) is 44.5 Å². The molecule has 0 radical (unpaired) electrons. The number of rotatable bonds is 6. The molecule has 5 nitrogen and oxygen atoms in total. The first kappa shape index (κ1) is 15.2. The van der Waals surface area contributed by atoms with Crippen LogP contribution >= 0.6 is 0 Å². The van der Waals surface area contributed by atoms with Gasteiger partial charge in [-0.1, -0.05) is 19.9 Å². The molecule has 0 amide bonds. The van der Waals surface area contributed by atoms with Gasteiger partial charge in [0.2, 0.25) is 0 Å². The number of carboxylic acids is 1. The Kier molecular flexibility index (Phi) is 4.40. The van der Waals surface area contributed by atoms with Crippen molar-refractivity contribution in [3.05, 3.63) is 29.6 Å². The largest absolute Gasteiger partial charge is 0.481 e. The first-order chi connectivity index (χ1) is 9.88. The van der Waals surface area contributed by atoms with Gasteiger partial charge in [0.1, 0.15) is 18.0 Å². The molecule has 5 heteroatoms. The summed E-state index contributed by atoms with van der Waals surface area (Å²) in [6, 6.07) is 5.99. The molecule has 0 spiro atoms. The summed E-state index contributed by atoms with van der Waals surface area (Å²) in [4.78, 5) is 26.6. The summed E-state index contributed by atoms with van der Waals surface area (Å²) in [6.45, 7) is 6.21. The molecule has 2 rings (SSSR count). The molecule has 1 aromatic carbocycles. The lowest BCUT2D eigenvalue weighted by Gasteiger charge is -2.08. The molecule has 0 unspecified atom stereocenters. The predicted octanol–water partition coefficient (Wildman–Crippen LogP) is 2.77. The highest BCUT2D eigenvalue weighted by molar-refractivity contribution is 5.80. The number of carbonyl (C=O) groups is 2. The van der Waals surface area contributed by atoms with Crippen LogP contribution < -0.4 is 0 Å². The van der Waals surface area contributed by atoms with E-state index in [-0.39, 0.29) is 12.2 Å². The van der Waals surface area contributed by atoms with Gasteiger partial charge in [-0.2, -0.15) is 0 Å². The van der Waals surface area contributed by atoms with Crippen molar-refractivity contribution in [3.8, 4) is 0 Å². The van der Waals surface area contributed by atoms with Gasteiger partial charge < -0.3 is 9.67 Å². The third-order valence-corrected chi connectivity index (χ3v) is 3.51. The summed E-state index contributed by atoms with van der Waals surface area (Å²) in [5.41, 5.74) is 2.85. The van der Waals surface area contributed by atoms with Gasteiger partial charge in [0.25, 0.3) is 0 Å². The normalized spacial score (nSPS) is 11.2. The fraction of sp³-hybridized carbons (Fsp3) is 0.438. The van der Waals surface area contributed by atoms with E-state index in [4.69, 9.17) is 5.11 Å². The number of Topliss-reactive ketones (excluding diaryl/α,β-unsaturated/α-hetero) is 1. The molecule has 21 heavy (non-hydrogen) atoms. The van der Waals surface area contributed by atoms with Crippen molar-refractivity contribution < 1.29 is 14.7 Å². The molecule has 0 aliphatic heterocycles. The van der Waals surface area contributed by atoms with E-state index in [1.54, 1.807) is 0 Å². The number of aliphatic carboxylic acids is 1. The Morgan fingerprint density at radius 1 is 1.33 bits per heavy atom. The van der Waals surface area contributed by atoms with E-state index in [9.17, 15) is 9.59 Å². The van der Waals surface area contributed by atoms with Crippen molar-refractivity contribution in [1.29, 1.82) is 0 Å². The van der Waals surface area contributed by atoms with Crippen LogP contribution in [0.25, 0.3) is 11.0 Å². The average Bonchev–Trinajstić information content (AvgIpc) is 2.71. The summed E-state index contributed by atoms with van der Waals surface area (Å²) in [5.74, 6) is 0.0507. The number of carbonyl (C=O) groups excluding carboxylic acids is 1. The predicted molar refractivity (Wildman–Crippen MR) is 80.5 cm³/mol. The van der Waals surface area contributed by atoms with Crippen LogP contribution in [0.2, 0.25) is 0 Å². The molecule has 1 N–H and O–H groups in total. The molecule has 0 aliphatic rings. The molecule has 0 saturated carbocycles. The number of aromatic nitrogens is 2. The summed E-state index contributed by atoms with van der Waals surface area (Å²) >= 11 is 0. The molecule has 0 atom stereocenters. The summed E-state index contributed by atoms with van der Waals surface area (Å²) in [6.07, 6.45) is 0.244. The summed E-state index contributed by atoms with van der Waals surface area (Å²) in [7, 11) is 0. The Bertz CT molecular complexity index is 686. The van der Waals surface area contributed by atoms with Crippen LogP contribution in [0.3, 0.4) is 0 Å². The highest BCUT2D eigenvalue weighted by Crippen LogP contribution is 2.23. The number of aryl methyl sites for hydroxylation is 1. The van der Waals surface area contributed by atoms with E-state index in [0.29, 0.717) is 24.7 Å².